The van der Waals surface area contributed by atoms with E-state index >= 15 is 0 Å². The van der Waals surface area contributed by atoms with Crippen molar-refractivity contribution in [3.05, 3.63) is 70.8 Å². The molecule has 0 aliphatic rings. The molecule has 0 bridgehead atoms. The molecular weight excluding hydrogens is 346 g/mol. The lowest BCUT2D eigenvalue weighted by Crippen LogP contribution is -2.21. The number of rotatable bonds is 6. The Morgan fingerprint density at radius 1 is 1.11 bits per heavy atom. The first-order valence-electron chi connectivity index (χ1n) is 8.51. The van der Waals surface area contributed by atoms with Gasteiger partial charge in [0, 0.05) is 18.7 Å². The molecule has 0 fully saturated rings. The van der Waals surface area contributed by atoms with Crippen LogP contribution >= 0.6 is 0 Å². The molecule has 27 heavy (non-hydrogen) atoms. The molecule has 1 aromatic heterocycles. The minimum atomic E-state index is -0.428. The van der Waals surface area contributed by atoms with Gasteiger partial charge in [0.15, 0.2) is 0 Å². The summed E-state index contributed by atoms with van der Waals surface area (Å²) in [4.78, 5) is 40.1. The molecule has 0 radical (unpaired) electrons. The van der Waals surface area contributed by atoms with Gasteiger partial charge < -0.3 is 10.1 Å². The Bertz CT molecular complexity index is 1030. The fourth-order valence-corrected chi connectivity index (χ4v) is 2.71. The van der Waals surface area contributed by atoms with E-state index in [2.05, 4.69) is 15.0 Å². The number of benzene rings is 2. The number of anilines is 1. The van der Waals surface area contributed by atoms with Crippen LogP contribution < -0.4 is 10.9 Å². The smallest absolute Gasteiger partial charge is 0.337 e. The van der Waals surface area contributed by atoms with Gasteiger partial charge in [0.1, 0.15) is 0 Å². The molecule has 0 aliphatic heterocycles. The first-order valence-corrected chi connectivity index (χ1v) is 8.51. The fraction of sp³-hybridized carbons (Fsp3) is 0.200. The quantitative estimate of drug-likeness (QED) is 0.678. The van der Waals surface area contributed by atoms with Crippen LogP contribution in [0.15, 0.2) is 59.7 Å². The lowest BCUT2D eigenvalue weighted by Gasteiger charge is -2.08. The van der Waals surface area contributed by atoms with E-state index in [1.165, 1.54) is 18.0 Å². The van der Waals surface area contributed by atoms with Gasteiger partial charge in [-0.2, -0.15) is 0 Å². The van der Waals surface area contributed by atoms with Crippen LogP contribution in [0.2, 0.25) is 0 Å². The number of carbonyl (C=O) groups is 2. The van der Waals surface area contributed by atoms with Gasteiger partial charge >= 0.3 is 5.97 Å². The fourth-order valence-electron chi connectivity index (χ4n) is 2.71. The Kier molecular flexibility index (Phi) is 5.61. The molecule has 3 aromatic rings. The zero-order valence-corrected chi connectivity index (χ0v) is 14.8. The van der Waals surface area contributed by atoms with Gasteiger partial charge in [-0.3, -0.25) is 14.2 Å². The van der Waals surface area contributed by atoms with E-state index in [4.69, 9.17) is 0 Å². The van der Waals surface area contributed by atoms with Crippen molar-refractivity contribution in [2.75, 3.05) is 12.4 Å². The summed E-state index contributed by atoms with van der Waals surface area (Å²) in [6, 6.07) is 13.6. The molecule has 1 amide bonds. The summed E-state index contributed by atoms with van der Waals surface area (Å²) >= 11 is 0. The van der Waals surface area contributed by atoms with Gasteiger partial charge in [-0.15, -0.1) is 0 Å². The van der Waals surface area contributed by atoms with E-state index in [1.807, 2.05) is 6.07 Å². The molecule has 3 rings (SSSR count). The Hall–Kier alpha value is -3.48. The van der Waals surface area contributed by atoms with Crippen molar-refractivity contribution < 1.29 is 14.3 Å². The van der Waals surface area contributed by atoms with Crippen LogP contribution in [0.4, 0.5) is 5.69 Å². The van der Waals surface area contributed by atoms with Crippen LogP contribution in [0.5, 0.6) is 0 Å². The van der Waals surface area contributed by atoms with Crippen molar-refractivity contribution >= 4 is 28.5 Å². The van der Waals surface area contributed by atoms with Gasteiger partial charge in [-0.05, 0) is 42.8 Å². The lowest BCUT2D eigenvalue weighted by atomic mass is 10.2. The van der Waals surface area contributed by atoms with Crippen molar-refractivity contribution in [2.24, 2.45) is 0 Å². The number of carbonyl (C=O) groups excluding carboxylic acids is 2. The largest absolute Gasteiger partial charge is 0.465 e. The number of aromatic nitrogens is 2. The number of fused-ring (bicyclic) bond motifs is 1. The summed E-state index contributed by atoms with van der Waals surface area (Å²) in [7, 11) is 1.31. The van der Waals surface area contributed by atoms with Crippen LogP contribution in [-0.2, 0) is 16.1 Å². The first-order chi connectivity index (χ1) is 13.1. The van der Waals surface area contributed by atoms with Crippen LogP contribution in [0, 0.1) is 0 Å². The summed E-state index contributed by atoms with van der Waals surface area (Å²) in [5.41, 5.74) is 1.56. The van der Waals surface area contributed by atoms with E-state index in [-0.39, 0.29) is 17.9 Å². The second kappa shape index (κ2) is 8.27. The maximum Gasteiger partial charge on any atom is 0.337 e. The highest BCUT2D eigenvalue weighted by Gasteiger charge is 2.08. The molecular formula is C20H19N3O4. The average Bonchev–Trinajstić information content (AvgIpc) is 2.70. The molecule has 0 spiro atoms. The number of para-hydroxylation sites is 1. The average molecular weight is 365 g/mol. The van der Waals surface area contributed by atoms with E-state index in [0.717, 1.165) is 0 Å². The number of esters is 1. The number of nitrogens with zero attached hydrogens (tertiary/aromatic N) is 2. The normalized spacial score (nSPS) is 10.6. The molecule has 2 aromatic carbocycles. The number of nitrogens with one attached hydrogen (secondary N) is 1. The number of hydrogen-bond donors (Lipinski definition) is 1. The SMILES string of the molecule is COC(=O)c1ccc(NC(=O)CCCn2cnc3ccccc3c2=O)cc1. The second-order valence-corrected chi connectivity index (χ2v) is 5.98. The monoisotopic (exact) mass is 365 g/mol. The highest BCUT2D eigenvalue weighted by atomic mass is 16.5. The minimum Gasteiger partial charge on any atom is -0.465 e. The Labute approximate surface area is 155 Å². The molecule has 0 unspecified atom stereocenters. The first kappa shape index (κ1) is 18.3. The van der Waals surface area contributed by atoms with Gasteiger partial charge in [-0.1, -0.05) is 12.1 Å². The third-order valence-corrected chi connectivity index (χ3v) is 4.12. The standard InChI is InChI=1S/C20H19N3O4/c1-27-20(26)14-8-10-15(11-9-14)22-18(24)7-4-12-23-13-21-17-6-3-2-5-16(17)19(23)25/h2-3,5-6,8-11,13H,4,7,12H2,1H3,(H,22,24). The van der Waals surface area contributed by atoms with Crippen LogP contribution in [0.1, 0.15) is 23.2 Å². The molecule has 0 saturated carbocycles. The van der Waals surface area contributed by atoms with Crippen molar-refractivity contribution in [3.63, 3.8) is 0 Å². The minimum absolute atomic E-state index is 0.112. The van der Waals surface area contributed by atoms with Crippen LogP contribution in [-0.4, -0.2) is 28.5 Å². The summed E-state index contributed by atoms with van der Waals surface area (Å²) in [5.74, 6) is -0.593. The van der Waals surface area contributed by atoms with E-state index < -0.39 is 5.97 Å². The number of amides is 1. The predicted octanol–water partition coefficient (Wildman–Crippen LogP) is 2.60. The Morgan fingerprint density at radius 3 is 2.59 bits per heavy atom. The summed E-state index contributed by atoms with van der Waals surface area (Å²) in [6.45, 7) is 0.408. The second-order valence-electron chi connectivity index (χ2n) is 5.98. The molecule has 0 atom stereocenters. The van der Waals surface area contributed by atoms with Gasteiger partial charge in [0.2, 0.25) is 5.91 Å². The van der Waals surface area contributed by atoms with Gasteiger partial charge in [-0.25, -0.2) is 9.78 Å². The van der Waals surface area contributed by atoms with Crippen LogP contribution in [0.3, 0.4) is 0 Å². The summed E-state index contributed by atoms with van der Waals surface area (Å²) in [6.07, 6.45) is 2.28. The van der Waals surface area contributed by atoms with Crippen LogP contribution in [0.25, 0.3) is 10.9 Å². The molecule has 0 saturated heterocycles. The van der Waals surface area contributed by atoms with Crippen molar-refractivity contribution in [2.45, 2.75) is 19.4 Å². The lowest BCUT2D eigenvalue weighted by molar-refractivity contribution is -0.116. The molecule has 138 valence electrons. The highest BCUT2D eigenvalue weighted by Crippen LogP contribution is 2.11. The van der Waals surface area contributed by atoms with Gasteiger partial charge in [0.25, 0.3) is 5.56 Å². The maximum atomic E-state index is 12.4. The van der Waals surface area contributed by atoms with Gasteiger partial charge in [0.05, 0.1) is 29.9 Å². The van der Waals surface area contributed by atoms with Crippen molar-refractivity contribution in [3.8, 4) is 0 Å². The summed E-state index contributed by atoms with van der Waals surface area (Å²) in [5, 5.41) is 3.33. The highest BCUT2D eigenvalue weighted by molar-refractivity contribution is 5.93. The van der Waals surface area contributed by atoms with Crippen molar-refractivity contribution in [1.29, 1.82) is 0 Å². The summed E-state index contributed by atoms with van der Waals surface area (Å²) < 4.78 is 6.14. The molecule has 1 heterocycles. The number of aryl methyl sites for hydroxylation is 1. The van der Waals surface area contributed by atoms with E-state index in [1.54, 1.807) is 42.5 Å². The molecule has 0 aliphatic carbocycles. The van der Waals surface area contributed by atoms with E-state index in [0.29, 0.717) is 35.1 Å². The van der Waals surface area contributed by atoms with Crippen molar-refractivity contribution in [1.82, 2.24) is 9.55 Å². The third-order valence-electron chi connectivity index (χ3n) is 4.12. The third kappa shape index (κ3) is 4.38. The Balaban J connectivity index is 1.55. The predicted molar refractivity (Wildman–Crippen MR) is 102 cm³/mol. The topological polar surface area (TPSA) is 90.3 Å². The van der Waals surface area contributed by atoms with E-state index in [9.17, 15) is 14.4 Å². The maximum absolute atomic E-state index is 12.4. The molecule has 1 N–H and O–H groups in total. The number of methoxy groups -OCH3 is 1. The number of hydrogen-bond acceptors (Lipinski definition) is 5. The zero-order chi connectivity index (χ0) is 19.2. The Morgan fingerprint density at radius 2 is 1.85 bits per heavy atom. The zero-order valence-electron chi connectivity index (χ0n) is 14.8. The molecule has 7 nitrogen and oxygen atoms in total. The number of ether oxygens (including phenoxy) is 1. The molecule has 7 heteroatoms.